The van der Waals surface area contributed by atoms with Crippen LogP contribution in [0, 0.1) is 0 Å². The zero-order valence-electron chi connectivity index (χ0n) is 28.8. The summed E-state index contributed by atoms with van der Waals surface area (Å²) >= 11 is 0. The zero-order chi connectivity index (χ0) is 32.9. The van der Waals surface area contributed by atoms with Crippen molar-refractivity contribution in [3.63, 3.8) is 0 Å². The van der Waals surface area contributed by atoms with Gasteiger partial charge in [0.05, 0.1) is 33.2 Å². The molecule has 47 heavy (non-hydrogen) atoms. The average molecular weight is 617 g/mol. The molecule has 0 amide bonds. The molecule has 4 heteroatoms. The largest absolute Gasteiger partial charge is 0.327 e. The van der Waals surface area contributed by atoms with Gasteiger partial charge in [-0.2, -0.15) is 0 Å². The topological polar surface area (TPSA) is 23.8 Å². The molecule has 0 bridgehead atoms. The van der Waals surface area contributed by atoms with Crippen LogP contribution < -0.4 is 4.90 Å². The Morgan fingerprint density at radius 1 is 0.447 bits per heavy atom. The van der Waals surface area contributed by atoms with Crippen LogP contribution in [0.2, 0.25) is 0 Å². The van der Waals surface area contributed by atoms with E-state index < -0.39 is 0 Å². The van der Waals surface area contributed by atoms with E-state index >= 15 is 0 Å². The molecule has 0 atom stereocenters. The molecule has 0 aliphatic carbocycles. The van der Waals surface area contributed by atoms with Crippen molar-refractivity contribution in [3.05, 3.63) is 121 Å². The summed E-state index contributed by atoms with van der Waals surface area (Å²) < 4.78 is 2.42. The van der Waals surface area contributed by atoms with Gasteiger partial charge >= 0.3 is 0 Å². The summed E-state index contributed by atoms with van der Waals surface area (Å²) in [5.41, 5.74) is 9.02. The third-order valence-corrected chi connectivity index (χ3v) is 11.8. The SMILES string of the molecule is CC1(C)N=C2N(c3ccc(-n4c5ccc(-c6ccccc6)cc5c5cc(-c6ccccc6)ccc54)cc3)C(C)(C)C(C)(C)N2C1(C)C. The average Bonchev–Trinajstić information content (AvgIpc) is 3.54. The monoisotopic (exact) mass is 616 g/mol. The molecule has 6 aromatic rings. The van der Waals surface area contributed by atoms with E-state index in [9.17, 15) is 0 Å². The zero-order valence-corrected chi connectivity index (χ0v) is 28.8. The summed E-state index contributed by atoms with van der Waals surface area (Å²) in [6.45, 7) is 18.6. The van der Waals surface area contributed by atoms with Gasteiger partial charge in [0.25, 0.3) is 0 Å². The summed E-state index contributed by atoms with van der Waals surface area (Å²) in [5, 5.41) is 2.51. The number of benzene rings is 5. The molecule has 5 aromatic carbocycles. The van der Waals surface area contributed by atoms with Crippen LogP contribution in [0.3, 0.4) is 0 Å². The van der Waals surface area contributed by atoms with Crippen molar-refractivity contribution in [3.8, 4) is 27.9 Å². The number of fused-ring (bicyclic) bond motifs is 4. The third kappa shape index (κ3) is 4.10. The Morgan fingerprint density at radius 2 is 0.915 bits per heavy atom. The summed E-state index contributed by atoms with van der Waals surface area (Å²) in [6, 6.07) is 44.3. The Balaban J connectivity index is 1.28. The van der Waals surface area contributed by atoms with Crippen molar-refractivity contribution in [2.24, 2.45) is 4.99 Å². The number of rotatable bonds is 4. The Morgan fingerprint density at radius 3 is 1.40 bits per heavy atom. The second kappa shape index (κ2) is 9.84. The van der Waals surface area contributed by atoms with E-state index in [1.807, 2.05) is 0 Å². The molecule has 0 radical (unpaired) electrons. The maximum Gasteiger partial charge on any atom is 0.203 e. The van der Waals surface area contributed by atoms with Crippen LogP contribution in [-0.4, -0.2) is 37.6 Å². The standard InChI is InChI=1S/C43H44N4/c1-40(2)41(3,4)47-39(44-40)46(42(5,6)43(47,7)8)34-23-21-33(22-24-34)45-37-25-19-31(29-15-11-9-12-16-29)27-35(37)36-28-32(20-26-38(36)45)30-17-13-10-14-18-30/h9-28H,1-8H3. The number of aliphatic imine (C=N–C) groups is 1. The molecular formula is C43H44N4. The van der Waals surface area contributed by atoms with Gasteiger partial charge in [-0.1, -0.05) is 72.8 Å². The molecule has 1 aromatic heterocycles. The summed E-state index contributed by atoms with van der Waals surface area (Å²) in [7, 11) is 0. The Labute approximate surface area is 279 Å². The minimum Gasteiger partial charge on any atom is -0.327 e. The maximum atomic E-state index is 5.37. The molecule has 0 saturated carbocycles. The highest BCUT2D eigenvalue weighted by atomic mass is 15.6. The van der Waals surface area contributed by atoms with Gasteiger partial charge in [0.2, 0.25) is 5.96 Å². The number of guanidine groups is 1. The van der Waals surface area contributed by atoms with Crippen LogP contribution >= 0.6 is 0 Å². The van der Waals surface area contributed by atoms with E-state index in [2.05, 4.69) is 191 Å². The first-order chi connectivity index (χ1) is 22.3. The van der Waals surface area contributed by atoms with Crippen molar-refractivity contribution in [2.75, 3.05) is 4.90 Å². The molecule has 0 unspecified atom stereocenters. The number of anilines is 1. The van der Waals surface area contributed by atoms with Crippen LogP contribution in [0.1, 0.15) is 55.4 Å². The van der Waals surface area contributed by atoms with Crippen molar-refractivity contribution < 1.29 is 0 Å². The predicted octanol–water partition coefficient (Wildman–Crippen LogP) is 10.7. The van der Waals surface area contributed by atoms with Gasteiger partial charge < -0.3 is 14.4 Å². The second-order valence-electron chi connectivity index (χ2n) is 15.4. The third-order valence-electron chi connectivity index (χ3n) is 11.8. The van der Waals surface area contributed by atoms with Gasteiger partial charge in [-0.25, -0.2) is 4.99 Å². The Kier molecular flexibility index (Phi) is 6.19. The molecule has 0 spiro atoms. The predicted molar refractivity (Wildman–Crippen MR) is 200 cm³/mol. The Hall–Kier alpha value is -4.83. The van der Waals surface area contributed by atoms with E-state index in [0.717, 1.165) is 11.6 Å². The van der Waals surface area contributed by atoms with Crippen LogP contribution in [0.25, 0.3) is 49.7 Å². The van der Waals surface area contributed by atoms with Crippen molar-refractivity contribution in [2.45, 2.75) is 77.5 Å². The van der Waals surface area contributed by atoms with Gasteiger partial charge in [0, 0.05) is 22.1 Å². The molecule has 8 rings (SSSR count). The first-order valence-corrected chi connectivity index (χ1v) is 16.8. The molecule has 2 aliphatic rings. The summed E-state index contributed by atoms with van der Waals surface area (Å²) in [5.74, 6) is 1.07. The highest BCUT2D eigenvalue weighted by molar-refractivity contribution is 6.12. The lowest BCUT2D eigenvalue weighted by Crippen LogP contribution is -2.62. The second-order valence-corrected chi connectivity index (χ2v) is 15.4. The first kappa shape index (κ1) is 29.6. The minimum absolute atomic E-state index is 0.113. The number of aromatic nitrogens is 1. The van der Waals surface area contributed by atoms with Crippen molar-refractivity contribution in [1.29, 1.82) is 0 Å². The number of hydrogen-bond donors (Lipinski definition) is 0. The molecule has 1 fully saturated rings. The highest BCUT2D eigenvalue weighted by Crippen LogP contribution is 2.53. The molecule has 0 N–H and O–H groups in total. The Bertz CT molecular complexity index is 2090. The lowest BCUT2D eigenvalue weighted by atomic mass is 9.76. The van der Waals surface area contributed by atoms with Gasteiger partial charge in [-0.05, 0) is 126 Å². The number of hydrogen-bond acceptors (Lipinski definition) is 3. The van der Waals surface area contributed by atoms with E-state index in [1.165, 1.54) is 49.7 Å². The highest BCUT2D eigenvalue weighted by Gasteiger charge is 2.65. The fourth-order valence-electron chi connectivity index (χ4n) is 7.97. The van der Waals surface area contributed by atoms with Crippen molar-refractivity contribution in [1.82, 2.24) is 9.47 Å². The summed E-state index contributed by atoms with van der Waals surface area (Å²) in [6.07, 6.45) is 0. The van der Waals surface area contributed by atoms with Gasteiger partial charge in [-0.3, -0.25) is 0 Å². The fraction of sp³-hybridized carbons (Fsp3) is 0.279. The van der Waals surface area contributed by atoms with Gasteiger partial charge in [0.1, 0.15) is 0 Å². The molecule has 236 valence electrons. The molecular weight excluding hydrogens is 573 g/mol. The molecule has 3 heterocycles. The number of nitrogens with zero attached hydrogens (tertiary/aromatic N) is 4. The van der Waals surface area contributed by atoms with Crippen LogP contribution in [0.5, 0.6) is 0 Å². The lowest BCUT2D eigenvalue weighted by Gasteiger charge is -2.50. The van der Waals surface area contributed by atoms with E-state index in [-0.39, 0.29) is 22.2 Å². The van der Waals surface area contributed by atoms with E-state index in [4.69, 9.17) is 4.99 Å². The van der Waals surface area contributed by atoms with Crippen molar-refractivity contribution >= 4 is 33.5 Å². The van der Waals surface area contributed by atoms with Gasteiger partial charge in [0.15, 0.2) is 0 Å². The quantitative estimate of drug-likeness (QED) is 0.197. The molecule has 1 saturated heterocycles. The molecule has 2 aliphatic heterocycles. The van der Waals surface area contributed by atoms with Crippen LogP contribution in [0.15, 0.2) is 126 Å². The van der Waals surface area contributed by atoms with E-state index in [1.54, 1.807) is 0 Å². The first-order valence-electron chi connectivity index (χ1n) is 16.8. The normalized spacial score (nSPS) is 18.9. The van der Waals surface area contributed by atoms with Crippen LogP contribution in [-0.2, 0) is 0 Å². The lowest BCUT2D eigenvalue weighted by molar-refractivity contribution is 0.0529. The van der Waals surface area contributed by atoms with E-state index in [0.29, 0.717) is 0 Å². The minimum atomic E-state index is -0.200. The summed E-state index contributed by atoms with van der Waals surface area (Å²) in [4.78, 5) is 10.4. The maximum absolute atomic E-state index is 5.37. The molecule has 4 nitrogen and oxygen atoms in total. The van der Waals surface area contributed by atoms with Crippen LogP contribution in [0.4, 0.5) is 5.69 Å². The van der Waals surface area contributed by atoms with Gasteiger partial charge in [-0.15, -0.1) is 0 Å². The fourth-order valence-corrected chi connectivity index (χ4v) is 7.97. The smallest absolute Gasteiger partial charge is 0.203 e.